The summed E-state index contributed by atoms with van der Waals surface area (Å²) in [6.45, 7) is 2.90. The van der Waals surface area contributed by atoms with Gasteiger partial charge in [-0.2, -0.15) is 0 Å². The van der Waals surface area contributed by atoms with Crippen molar-refractivity contribution in [2.45, 2.75) is 51.7 Å². The molecule has 1 aliphatic carbocycles. The molecule has 0 aromatic carbocycles. The van der Waals surface area contributed by atoms with Crippen LogP contribution in [-0.4, -0.2) is 22.8 Å². The first-order valence-corrected chi connectivity index (χ1v) is 7.26. The zero-order valence-electron chi connectivity index (χ0n) is 11.7. The van der Waals surface area contributed by atoms with Crippen LogP contribution in [0.5, 0.6) is 0 Å². The highest BCUT2D eigenvalue weighted by Gasteiger charge is 2.30. The molecule has 0 unspecified atom stereocenters. The van der Waals surface area contributed by atoms with Gasteiger partial charge in [-0.3, -0.25) is 14.5 Å². The van der Waals surface area contributed by atoms with Gasteiger partial charge >= 0.3 is 0 Å². The maximum Gasteiger partial charge on any atom is 0.229 e. The molecule has 0 spiro atoms. The fraction of sp³-hybridized carbons (Fsp3) is 0.600. The molecule has 2 fully saturated rings. The minimum absolute atomic E-state index is 0.0946. The Morgan fingerprint density at radius 1 is 1.20 bits per heavy atom. The zero-order valence-corrected chi connectivity index (χ0v) is 11.7. The molecule has 5 nitrogen and oxygen atoms in total. The molecule has 20 heavy (non-hydrogen) atoms. The van der Waals surface area contributed by atoms with E-state index < -0.39 is 0 Å². The molecule has 1 aliphatic heterocycles. The minimum atomic E-state index is -0.0946. The van der Waals surface area contributed by atoms with E-state index in [1.165, 1.54) is 17.7 Å². The summed E-state index contributed by atoms with van der Waals surface area (Å²) in [5, 5.41) is 3.37. The third-order valence-electron chi connectivity index (χ3n) is 3.82. The number of nitrogens with one attached hydrogen (secondary N) is 1. The molecule has 1 N–H and O–H groups in total. The molecular formula is C15H20N2O3. The van der Waals surface area contributed by atoms with E-state index in [0.717, 1.165) is 5.76 Å². The van der Waals surface area contributed by atoms with Gasteiger partial charge in [0.15, 0.2) is 0 Å². The van der Waals surface area contributed by atoms with Crippen molar-refractivity contribution in [1.29, 1.82) is 0 Å². The molecule has 1 aromatic heterocycles. The van der Waals surface area contributed by atoms with E-state index in [9.17, 15) is 9.59 Å². The summed E-state index contributed by atoms with van der Waals surface area (Å²) in [5.74, 6) is 1.50. The molecule has 0 bridgehead atoms. The van der Waals surface area contributed by atoms with E-state index in [1.807, 2.05) is 19.1 Å². The van der Waals surface area contributed by atoms with Crippen LogP contribution < -0.4 is 5.32 Å². The van der Waals surface area contributed by atoms with Crippen LogP contribution in [0.15, 0.2) is 16.5 Å². The summed E-state index contributed by atoms with van der Waals surface area (Å²) in [4.78, 5) is 25.1. The highest BCUT2D eigenvalue weighted by molar-refractivity contribution is 5.97. The molecule has 0 radical (unpaired) electrons. The molecule has 108 valence electrons. The van der Waals surface area contributed by atoms with E-state index >= 15 is 0 Å². The Bertz CT molecular complexity index is 501. The van der Waals surface area contributed by atoms with E-state index in [4.69, 9.17) is 4.42 Å². The monoisotopic (exact) mass is 276 g/mol. The number of furan rings is 1. The number of piperidine rings is 1. The SMILES string of the molecule is CC1CC(=O)N(Cc2ccc(CNC3CC3)o2)C(=O)C1. The van der Waals surface area contributed by atoms with Crippen molar-refractivity contribution in [3.8, 4) is 0 Å². The second-order valence-corrected chi connectivity index (χ2v) is 5.91. The lowest BCUT2D eigenvalue weighted by atomic mass is 9.98. The molecule has 2 aliphatic rings. The van der Waals surface area contributed by atoms with E-state index in [0.29, 0.717) is 31.2 Å². The van der Waals surface area contributed by atoms with Crippen molar-refractivity contribution in [1.82, 2.24) is 10.2 Å². The third-order valence-corrected chi connectivity index (χ3v) is 3.82. The predicted molar refractivity (Wildman–Crippen MR) is 72.5 cm³/mol. The number of nitrogens with zero attached hydrogens (tertiary/aromatic N) is 1. The van der Waals surface area contributed by atoms with Crippen molar-refractivity contribution in [3.05, 3.63) is 23.7 Å². The molecule has 3 rings (SSSR count). The predicted octanol–water partition coefficient (Wildman–Crippen LogP) is 1.82. The van der Waals surface area contributed by atoms with Gasteiger partial charge in [-0.15, -0.1) is 0 Å². The summed E-state index contributed by atoms with van der Waals surface area (Å²) < 4.78 is 5.68. The van der Waals surface area contributed by atoms with Crippen molar-refractivity contribution >= 4 is 11.8 Å². The average molecular weight is 276 g/mol. The largest absolute Gasteiger partial charge is 0.463 e. The van der Waals surface area contributed by atoms with Crippen LogP contribution in [0.4, 0.5) is 0 Å². The summed E-state index contributed by atoms with van der Waals surface area (Å²) in [6.07, 6.45) is 3.37. The lowest BCUT2D eigenvalue weighted by Crippen LogP contribution is -2.42. The summed E-state index contributed by atoms with van der Waals surface area (Å²) in [5.41, 5.74) is 0. The Hall–Kier alpha value is -1.62. The van der Waals surface area contributed by atoms with Gasteiger partial charge in [-0.25, -0.2) is 0 Å². The first kappa shape index (κ1) is 13.4. The van der Waals surface area contributed by atoms with Gasteiger partial charge in [0.25, 0.3) is 0 Å². The van der Waals surface area contributed by atoms with Gasteiger partial charge < -0.3 is 9.73 Å². The molecular weight excluding hydrogens is 256 g/mol. The zero-order chi connectivity index (χ0) is 14.1. The Labute approximate surface area is 118 Å². The number of hydrogen-bond acceptors (Lipinski definition) is 4. The van der Waals surface area contributed by atoms with Crippen LogP contribution in [0.1, 0.15) is 44.1 Å². The maximum atomic E-state index is 11.9. The number of rotatable bonds is 5. The smallest absolute Gasteiger partial charge is 0.229 e. The maximum absolute atomic E-state index is 11.9. The van der Waals surface area contributed by atoms with Gasteiger partial charge in [0.2, 0.25) is 11.8 Å². The fourth-order valence-electron chi connectivity index (χ4n) is 2.49. The van der Waals surface area contributed by atoms with Crippen LogP contribution in [0.25, 0.3) is 0 Å². The topological polar surface area (TPSA) is 62.6 Å². The molecule has 2 amide bonds. The van der Waals surface area contributed by atoms with Crippen LogP contribution >= 0.6 is 0 Å². The van der Waals surface area contributed by atoms with Gasteiger partial charge in [0.05, 0.1) is 13.1 Å². The summed E-state index contributed by atoms with van der Waals surface area (Å²) in [6, 6.07) is 4.39. The Morgan fingerprint density at radius 3 is 2.50 bits per heavy atom. The minimum Gasteiger partial charge on any atom is -0.463 e. The lowest BCUT2D eigenvalue weighted by Gasteiger charge is -2.27. The van der Waals surface area contributed by atoms with Crippen LogP contribution in [0.3, 0.4) is 0 Å². The highest BCUT2D eigenvalue weighted by Crippen LogP contribution is 2.22. The molecule has 2 heterocycles. The normalized spacial score (nSPS) is 20.8. The molecule has 1 aromatic rings. The Morgan fingerprint density at radius 2 is 1.85 bits per heavy atom. The fourth-order valence-corrected chi connectivity index (χ4v) is 2.49. The lowest BCUT2D eigenvalue weighted by molar-refractivity contribution is -0.150. The van der Waals surface area contributed by atoms with Crippen molar-refractivity contribution < 1.29 is 14.0 Å². The van der Waals surface area contributed by atoms with E-state index in [2.05, 4.69) is 5.32 Å². The summed E-state index contributed by atoms with van der Waals surface area (Å²) in [7, 11) is 0. The quantitative estimate of drug-likeness (QED) is 0.833. The number of carbonyl (C=O) groups excluding carboxylic acids is 2. The van der Waals surface area contributed by atoms with Crippen molar-refractivity contribution in [3.63, 3.8) is 0 Å². The number of imide groups is 1. The summed E-state index contributed by atoms with van der Waals surface area (Å²) >= 11 is 0. The van der Waals surface area contributed by atoms with Gasteiger partial charge in [0, 0.05) is 18.9 Å². The second kappa shape index (κ2) is 5.40. The molecule has 1 saturated heterocycles. The Balaban J connectivity index is 1.58. The standard InChI is InChI=1S/C15H20N2O3/c1-10-6-14(18)17(15(19)7-10)9-13-5-4-12(20-13)8-16-11-2-3-11/h4-5,10-11,16H,2-3,6-9H2,1H3. The van der Waals surface area contributed by atoms with Crippen LogP contribution in [0.2, 0.25) is 0 Å². The first-order chi connectivity index (χ1) is 9.61. The first-order valence-electron chi connectivity index (χ1n) is 7.26. The van der Waals surface area contributed by atoms with Crippen LogP contribution in [-0.2, 0) is 22.7 Å². The highest BCUT2D eigenvalue weighted by atomic mass is 16.3. The molecule has 1 saturated carbocycles. The number of likely N-dealkylation sites (tertiary alicyclic amines) is 1. The average Bonchev–Trinajstić information content (AvgIpc) is 3.11. The van der Waals surface area contributed by atoms with Gasteiger partial charge in [-0.05, 0) is 30.9 Å². The van der Waals surface area contributed by atoms with Crippen molar-refractivity contribution in [2.24, 2.45) is 5.92 Å². The van der Waals surface area contributed by atoms with E-state index in [1.54, 1.807) is 0 Å². The van der Waals surface area contributed by atoms with Crippen LogP contribution in [0, 0.1) is 5.92 Å². The number of amides is 2. The van der Waals surface area contributed by atoms with Gasteiger partial charge in [0.1, 0.15) is 11.5 Å². The number of carbonyl (C=O) groups is 2. The Kier molecular flexibility index (Phi) is 3.61. The second-order valence-electron chi connectivity index (χ2n) is 5.91. The molecule has 5 heteroatoms. The van der Waals surface area contributed by atoms with Crippen molar-refractivity contribution in [2.75, 3.05) is 0 Å². The van der Waals surface area contributed by atoms with E-state index in [-0.39, 0.29) is 24.3 Å². The third kappa shape index (κ3) is 3.10. The number of hydrogen-bond donors (Lipinski definition) is 1. The molecule has 0 atom stereocenters. The van der Waals surface area contributed by atoms with Gasteiger partial charge in [-0.1, -0.05) is 6.92 Å².